The Balaban J connectivity index is 2.77. The van der Waals surface area contributed by atoms with Gasteiger partial charge in [0, 0.05) is 6.66 Å². The number of hydrogen-bond donors (Lipinski definition) is 1. The Bertz CT molecular complexity index is 508. The molecule has 0 aromatic heterocycles. The van der Waals surface area contributed by atoms with Gasteiger partial charge in [0.15, 0.2) is 11.6 Å². The molecular formula is C11H15FNO5P. The van der Waals surface area contributed by atoms with Crippen molar-refractivity contribution in [2.24, 2.45) is 5.73 Å². The second kappa shape index (κ2) is 6.54. The van der Waals surface area contributed by atoms with Gasteiger partial charge < -0.3 is 19.5 Å². The monoisotopic (exact) mass is 291 g/mol. The van der Waals surface area contributed by atoms with Crippen LogP contribution in [-0.2, 0) is 20.4 Å². The van der Waals surface area contributed by atoms with Crippen LogP contribution in [0.4, 0.5) is 9.18 Å². The van der Waals surface area contributed by atoms with E-state index in [-0.39, 0.29) is 19.0 Å². The highest BCUT2D eigenvalue weighted by molar-refractivity contribution is 7.53. The zero-order valence-corrected chi connectivity index (χ0v) is 11.5. The van der Waals surface area contributed by atoms with E-state index in [2.05, 4.69) is 4.74 Å². The minimum atomic E-state index is -3.33. The maximum atomic E-state index is 13.7. The van der Waals surface area contributed by atoms with Gasteiger partial charge in [-0.05, 0) is 24.6 Å². The molecule has 0 aliphatic carbocycles. The van der Waals surface area contributed by atoms with Crippen LogP contribution in [0.25, 0.3) is 0 Å². The summed E-state index contributed by atoms with van der Waals surface area (Å²) in [6, 6.07) is 3.85. The first-order valence-corrected chi connectivity index (χ1v) is 7.45. The molecule has 19 heavy (non-hydrogen) atoms. The Kier molecular flexibility index (Phi) is 5.32. The Hall–Kier alpha value is -1.59. The summed E-state index contributed by atoms with van der Waals surface area (Å²) in [5.41, 5.74) is 5.19. The number of benzene rings is 1. The van der Waals surface area contributed by atoms with Crippen molar-refractivity contribution in [3.05, 3.63) is 29.6 Å². The fourth-order valence-corrected chi connectivity index (χ4v) is 2.33. The number of rotatable bonds is 6. The van der Waals surface area contributed by atoms with Crippen LogP contribution in [0.15, 0.2) is 18.2 Å². The molecule has 0 aliphatic rings. The molecule has 0 spiro atoms. The summed E-state index contributed by atoms with van der Waals surface area (Å²) in [5.74, 6) is -0.922. The van der Waals surface area contributed by atoms with Gasteiger partial charge in [-0.3, -0.25) is 0 Å². The Morgan fingerprint density at radius 3 is 2.68 bits per heavy atom. The van der Waals surface area contributed by atoms with E-state index in [9.17, 15) is 13.8 Å². The van der Waals surface area contributed by atoms with Crippen molar-refractivity contribution in [3.63, 3.8) is 0 Å². The minimum Gasteiger partial charge on any atom is -0.445 e. The van der Waals surface area contributed by atoms with E-state index in [1.807, 2.05) is 0 Å². The highest BCUT2D eigenvalue weighted by Crippen LogP contribution is 2.44. The molecule has 1 atom stereocenters. The first-order valence-electron chi connectivity index (χ1n) is 5.46. The molecule has 0 saturated heterocycles. The molecule has 1 rings (SSSR count). The van der Waals surface area contributed by atoms with E-state index in [1.165, 1.54) is 18.8 Å². The van der Waals surface area contributed by atoms with Crippen LogP contribution in [0.2, 0.25) is 0 Å². The molecule has 0 fully saturated rings. The van der Waals surface area contributed by atoms with E-state index in [0.29, 0.717) is 5.56 Å². The second-order valence-corrected chi connectivity index (χ2v) is 5.64. The molecule has 0 radical (unpaired) electrons. The zero-order valence-electron chi connectivity index (χ0n) is 10.6. The van der Waals surface area contributed by atoms with E-state index < -0.39 is 19.5 Å². The van der Waals surface area contributed by atoms with Gasteiger partial charge in [0.25, 0.3) is 0 Å². The molecule has 1 aromatic rings. The summed E-state index contributed by atoms with van der Waals surface area (Å²) in [6.07, 6.45) is -0.949. The first-order chi connectivity index (χ1) is 8.84. The average Bonchev–Trinajstić information content (AvgIpc) is 2.29. The molecule has 1 aromatic carbocycles. The average molecular weight is 291 g/mol. The van der Waals surface area contributed by atoms with Crippen molar-refractivity contribution in [2.45, 2.75) is 13.5 Å². The summed E-state index contributed by atoms with van der Waals surface area (Å²) in [7, 11) is -3.33. The lowest BCUT2D eigenvalue weighted by atomic mass is 10.2. The zero-order chi connectivity index (χ0) is 14.5. The van der Waals surface area contributed by atoms with Gasteiger partial charge in [0.2, 0.25) is 0 Å². The SMILES string of the molecule is CCOP(C)(=O)Oc1ccc(COC(N)=O)cc1F. The van der Waals surface area contributed by atoms with Crippen LogP contribution in [0.1, 0.15) is 12.5 Å². The number of hydrogen-bond acceptors (Lipinski definition) is 5. The highest BCUT2D eigenvalue weighted by atomic mass is 31.2. The van der Waals surface area contributed by atoms with Crippen molar-refractivity contribution in [3.8, 4) is 5.75 Å². The molecule has 0 aliphatic heterocycles. The predicted molar refractivity (Wildman–Crippen MR) is 66.6 cm³/mol. The number of carbonyl (C=O) groups is 1. The van der Waals surface area contributed by atoms with Crippen molar-refractivity contribution < 1.29 is 27.5 Å². The standard InChI is InChI=1S/C11H15FNO5P/c1-3-17-19(2,15)18-10-5-4-8(6-9(10)12)7-16-11(13)14/h4-6H,3,7H2,1-2H3,(H2,13,14). The van der Waals surface area contributed by atoms with E-state index >= 15 is 0 Å². The van der Waals surface area contributed by atoms with E-state index in [1.54, 1.807) is 6.92 Å². The fraction of sp³-hybridized carbons (Fsp3) is 0.364. The van der Waals surface area contributed by atoms with Gasteiger partial charge in [-0.25, -0.2) is 13.8 Å². The number of ether oxygens (including phenoxy) is 1. The van der Waals surface area contributed by atoms with E-state index in [0.717, 1.165) is 6.07 Å². The van der Waals surface area contributed by atoms with Gasteiger partial charge in [0.05, 0.1) is 6.61 Å². The second-order valence-electron chi connectivity index (χ2n) is 3.65. The molecule has 1 amide bonds. The third-order valence-corrected chi connectivity index (χ3v) is 3.26. The lowest BCUT2D eigenvalue weighted by molar-refractivity contribution is 0.150. The Labute approximate surface area is 110 Å². The quantitative estimate of drug-likeness (QED) is 0.814. The third-order valence-electron chi connectivity index (χ3n) is 2.01. The van der Waals surface area contributed by atoms with Gasteiger partial charge in [0.1, 0.15) is 6.61 Å². The Morgan fingerprint density at radius 2 is 2.16 bits per heavy atom. The molecule has 106 valence electrons. The lowest BCUT2D eigenvalue weighted by Crippen LogP contribution is -2.12. The topological polar surface area (TPSA) is 87.8 Å². The van der Waals surface area contributed by atoms with Gasteiger partial charge in [-0.2, -0.15) is 0 Å². The van der Waals surface area contributed by atoms with Crippen molar-refractivity contribution >= 4 is 13.7 Å². The van der Waals surface area contributed by atoms with Crippen LogP contribution in [0.3, 0.4) is 0 Å². The number of carbonyl (C=O) groups excluding carboxylic acids is 1. The summed E-state index contributed by atoms with van der Waals surface area (Å²) in [4.78, 5) is 10.4. The van der Waals surface area contributed by atoms with Gasteiger partial charge >= 0.3 is 13.7 Å². The van der Waals surface area contributed by atoms with Crippen molar-refractivity contribution in [2.75, 3.05) is 13.3 Å². The molecule has 8 heteroatoms. The molecule has 0 saturated carbocycles. The van der Waals surface area contributed by atoms with Crippen LogP contribution in [0, 0.1) is 5.82 Å². The highest BCUT2D eigenvalue weighted by Gasteiger charge is 2.20. The molecule has 6 nitrogen and oxygen atoms in total. The van der Waals surface area contributed by atoms with Crippen LogP contribution < -0.4 is 10.3 Å². The van der Waals surface area contributed by atoms with Crippen molar-refractivity contribution in [1.82, 2.24) is 0 Å². The molecule has 1 unspecified atom stereocenters. The maximum Gasteiger partial charge on any atom is 0.404 e. The van der Waals surface area contributed by atoms with Crippen LogP contribution in [0.5, 0.6) is 5.75 Å². The number of primary amides is 1. The number of halogens is 1. The Morgan fingerprint density at radius 1 is 1.47 bits per heavy atom. The summed E-state index contributed by atoms with van der Waals surface area (Å²) in [6.45, 7) is 2.95. The molecule has 0 heterocycles. The predicted octanol–water partition coefficient (Wildman–Crippen LogP) is 2.66. The smallest absolute Gasteiger partial charge is 0.404 e. The molecule has 2 N–H and O–H groups in total. The summed E-state index contributed by atoms with van der Waals surface area (Å²) >= 11 is 0. The van der Waals surface area contributed by atoms with Crippen LogP contribution >= 0.6 is 7.60 Å². The largest absolute Gasteiger partial charge is 0.445 e. The lowest BCUT2D eigenvalue weighted by Gasteiger charge is -2.15. The van der Waals surface area contributed by atoms with Crippen molar-refractivity contribution in [1.29, 1.82) is 0 Å². The van der Waals surface area contributed by atoms with Gasteiger partial charge in [-0.1, -0.05) is 6.07 Å². The third kappa shape index (κ3) is 5.28. The maximum absolute atomic E-state index is 13.7. The minimum absolute atomic E-state index is 0.151. The van der Waals surface area contributed by atoms with Gasteiger partial charge in [-0.15, -0.1) is 0 Å². The summed E-state index contributed by atoms with van der Waals surface area (Å²) < 4.78 is 39.8. The molecule has 0 bridgehead atoms. The van der Waals surface area contributed by atoms with E-state index in [4.69, 9.17) is 14.8 Å². The first kappa shape index (κ1) is 15.5. The fourth-order valence-electron chi connectivity index (χ4n) is 1.30. The van der Waals surface area contributed by atoms with Crippen LogP contribution in [-0.4, -0.2) is 19.4 Å². The number of amides is 1. The molecular weight excluding hydrogens is 276 g/mol. The normalized spacial score (nSPS) is 13.6. The summed E-state index contributed by atoms with van der Waals surface area (Å²) in [5, 5.41) is 0. The number of nitrogens with two attached hydrogens (primary N) is 1.